The van der Waals surface area contributed by atoms with Crippen LogP contribution in [0.3, 0.4) is 0 Å². The number of benzene rings is 3. The van der Waals surface area contributed by atoms with Crippen molar-refractivity contribution in [2.45, 2.75) is 24.2 Å². The van der Waals surface area contributed by atoms with Gasteiger partial charge in [-0.3, -0.25) is 19.1 Å². The van der Waals surface area contributed by atoms with Crippen molar-refractivity contribution in [1.29, 1.82) is 0 Å². The number of ether oxygens (including phenoxy) is 1. The maximum absolute atomic E-state index is 12.9. The lowest BCUT2D eigenvalue weighted by molar-refractivity contribution is -0.137. The Labute approximate surface area is 213 Å². The molecule has 3 N–H and O–H groups in total. The summed E-state index contributed by atoms with van der Waals surface area (Å²) < 4.78 is 33.6. The molecule has 0 spiro atoms. The van der Waals surface area contributed by atoms with E-state index in [1.807, 2.05) is 6.92 Å². The number of carboxylic acids is 1. The fourth-order valence-electron chi connectivity index (χ4n) is 3.33. The molecule has 9 nitrogen and oxygen atoms in total. The maximum Gasteiger partial charge on any atom is 0.322 e. The fourth-order valence-corrected chi connectivity index (χ4v) is 4.54. The number of esters is 1. The molecule has 0 aliphatic carbocycles. The van der Waals surface area contributed by atoms with Gasteiger partial charge in [0.25, 0.3) is 15.9 Å². The van der Waals surface area contributed by atoms with Crippen molar-refractivity contribution in [1.82, 2.24) is 5.32 Å². The minimum Gasteiger partial charge on any atom is -0.480 e. The average molecular weight is 531 g/mol. The first-order chi connectivity index (χ1) is 17.1. The lowest BCUT2D eigenvalue weighted by Gasteiger charge is -2.15. The van der Waals surface area contributed by atoms with E-state index in [1.54, 1.807) is 24.3 Å². The highest BCUT2D eigenvalue weighted by Crippen LogP contribution is 2.26. The Morgan fingerprint density at radius 1 is 0.972 bits per heavy atom. The number of para-hydroxylation sites is 1. The van der Waals surface area contributed by atoms with Crippen LogP contribution < -0.4 is 14.8 Å². The number of sulfonamides is 1. The predicted molar refractivity (Wildman–Crippen MR) is 134 cm³/mol. The number of carboxylic acid groups (broad SMARTS) is 1. The molecule has 3 aromatic rings. The molecule has 0 aliphatic rings. The quantitative estimate of drug-likeness (QED) is 0.265. The number of aliphatic carboxylic acids is 1. The van der Waals surface area contributed by atoms with E-state index in [0.717, 1.165) is 5.56 Å². The molecule has 0 fully saturated rings. The topological polar surface area (TPSA) is 139 Å². The average Bonchev–Trinajstić information content (AvgIpc) is 2.84. The molecule has 0 saturated carbocycles. The first-order valence-corrected chi connectivity index (χ1v) is 12.7. The second kappa shape index (κ2) is 11.7. The van der Waals surface area contributed by atoms with Crippen molar-refractivity contribution in [2.24, 2.45) is 0 Å². The van der Waals surface area contributed by atoms with Crippen LogP contribution in [0.25, 0.3) is 0 Å². The third kappa shape index (κ3) is 6.83. The molecule has 3 aromatic carbocycles. The van der Waals surface area contributed by atoms with Gasteiger partial charge in [0.15, 0.2) is 0 Å². The minimum absolute atomic E-state index is 0.0235. The largest absolute Gasteiger partial charge is 0.480 e. The number of hydrogen-bond acceptors (Lipinski definition) is 6. The van der Waals surface area contributed by atoms with Gasteiger partial charge in [0.2, 0.25) is 0 Å². The van der Waals surface area contributed by atoms with E-state index in [2.05, 4.69) is 10.0 Å². The van der Waals surface area contributed by atoms with Crippen LogP contribution in [-0.4, -0.2) is 37.9 Å². The molecule has 0 heterocycles. The summed E-state index contributed by atoms with van der Waals surface area (Å²) in [5.41, 5.74) is 0.687. The van der Waals surface area contributed by atoms with Crippen molar-refractivity contribution >= 4 is 45.2 Å². The van der Waals surface area contributed by atoms with Gasteiger partial charge in [-0.15, -0.1) is 0 Å². The molecule has 0 aliphatic heterocycles. The number of carbonyl (C=O) groups is 3. The molecule has 0 saturated heterocycles. The maximum atomic E-state index is 12.9. The van der Waals surface area contributed by atoms with Crippen molar-refractivity contribution in [2.75, 3.05) is 11.3 Å². The zero-order chi connectivity index (χ0) is 26.3. The second-order valence-corrected chi connectivity index (χ2v) is 9.75. The monoisotopic (exact) mass is 530 g/mol. The third-order valence-corrected chi connectivity index (χ3v) is 6.77. The number of halogens is 1. The molecule has 0 radical (unpaired) electrons. The van der Waals surface area contributed by atoms with Gasteiger partial charge in [0, 0.05) is 5.02 Å². The molecule has 1 atom stereocenters. The first-order valence-electron chi connectivity index (χ1n) is 10.8. The molecule has 1 unspecified atom stereocenters. The van der Waals surface area contributed by atoms with Crippen molar-refractivity contribution in [3.8, 4) is 5.75 Å². The highest BCUT2D eigenvalue weighted by atomic mass is 35.5. The number of anilines is 1. The van der Waals surface area contributed by atoms with Crippen LogP contribution in [0, 0.1) is 0 Å². The summed E-state index contributed by atoms with van der Waals surface area (Å²) in [4.78, 5) is 35.5. The van der Waals surface area contributed by atoms with E-state index in [4.69, 9.17) is 21.4 Å². The Balaban J connectivity index is 1.73. The Morgan fingerprint density at radius 3 is 2.22 bits per heavy atom. The molecule has 188 valence electrons. The Hall–Kier alpha value is -3.89. The normalized spacial score (nSPS) is 11.8. The summed E-state index contributed by atoms with van der Waals surface area (Å²) in [6.45, 7) is 1.23. The Kier molecular flexibility index (Phi) is 8.68. The SMILES string of the molecule is CCC(C(=O)Oc1ccc(S(=O)(=O)Nc2ccccc2C(=O)NCC(=O)O)cc1)c1ccc(Cl)cc1. The molecule has 11 heteroatoms. The lowest BCUT2D eigenvalue weighted by Crippen LogP contribution is -2.30. The van der Waals surface area contributed by atoms with Gasteiger partial charge in [-0.05, 0) is 60.5 Å². The molecule has 0 aromatic heterocycles. The Morgan fingerprint density at radius 2 is 1.61 bits per heavy atom. The van der Waals surface area contributed by atoms with Crippen LogP contribution in [0.15, 0.2) is 77.7 Å². The number of rotatable bonds is 10. The summed E-state index contributed by atoms with van der Waals surface area (Å²) in [5.74, 6) is -2.82. The van der Waals surface area contributed by atoms with Crippen LogP contribution in [0.2, 0.25) is 5.02 Å². The third-order valence-electron chi connectivity index (χ3n) is 5.13. The standard InChI is InChI=1S/C25H23ClN2O7S/c1-2-20(16-7-9-17(26)10-8-16)25(32)35-18-11-13-19(14-12-18)36(33,34)28-22-6-4-3-5-21(22)24(31)27-15-23(29)30/h3-14,20,28H,2,15H2,1H3,(H,27,31)(H,29,30). The van der Waals surface area contributed by atoms with Gasteiger partial charge in [-0.1, -0.05) is 42.8 Å². The van der Waals surface area contributed by atoms with Crippen LogP contribution in [-0.2, 0) is 19.6 Å². The number of amides is 1. The summed E-state index contributed by atoms with van der Waals surface area (Å²) in [5, 5.41) is 11.5. The van der Waals surface area contributed by atoms with E-state index in [0.29, 0.717) is 11.4 Å². The van der Waals surface area contributed by atoms with Crippen molar-refractivity contribution in [3.63, 3.8) is 0 Å². The predicted octanol–water partition coefficient (Wildman–Crippen LogP) is 4.05. The summed E-state index contributed by atoms with van der Waals surface area (Å²) in [6, 6.07) is 17.9. The molecule has 36 heavy (non-hydrogen) atoms. The fraction of sp³-hybridized carbons (Fsp3) is 0.160. The summed E-state index contributed by atoms with van der Waals surface area (Å²) in [7, 11) is -4.11. The molecular formula is C25H23ClN2O7S. The first kappa shape index (κ1) is 26.7. The zero-order valence-corrected chi connectivity index (χ0v) is 20.7. The van der Waals surface area contributed by atoms with Crippen LogP contribution in [0.4, 0.5) is 5.69 Å². The minimum atomic E-state index is -4.11. The molecule has 1 amide bonds. The van der Waals surface area contributed by atoms with E-state index in [1.165, 1.54) is 48.5 Å². The number of hydrogen-bond donors (Lipinski definition) is 3. The van der Waals surface area contributed by atoms with Crippen LogP contribution in [0.1, 0.15) is 35.2 Å². The Bertz CT molecular complexity index is 1360. The number of carbonyl (C=O) groups excluding carboxylic acids is 2. The second-order valence-electron chi connectivity index (χ2n) is 7.63. The zero-order valence-electron chi connectivity index (χ0n) is 19.1. The van der Waals surface area contributed by atoms with Crippen molar-refractivity contribution in [3.05, 3.63) is 88.9 Å². The summed E-state index contributed by atoms with van der Waals surface area (Å²) in [6.07, 6.45) is 0.496. The smallest absolute Gasteiger partial charge is 0.322 e. The highest BCUT2D eigenvalue weighted by molar-refractivity contribution is 7.92. The number of nitrogens with one attached hydrogen (secondary N) is 2. The molecule has 3 rings (SSSR count). The summed E-state index contributed by atoms with van der Waals surface area (Å²) >= 11 is 5.91. The van der Waals surface area contributed by atoms with Crippen molar-refractivity contribution < 1.29 is 32.6 Å². The van der Waals surface area contributed by atoms with Crippen LogP contribution in [0.5, 0.6) is 5.75 Å². The highest BCUT2D eigenvalue weighted by Gasteiger charge is 2.22. The van der Waals surface area contributed by atoms with E-state index >= 15 is 0 Å². The van der Waals surface area contributed by atoms with Gasteiger partial charge in [-0.2, -0.15) is 0 Å². The van der Waals surface area contributed by atoms with Gasteiger partial charge >= 0.3 is 11.9 Å². The van der Waals surface area contributed by atoms with E-state index in [9.17, 15) is 22.8 Å². The van der Waals surface area contributed by atoms with E-state index in [-0.39, 0.29) is 21.9 Å². The van der Waals surface area contributed by atoms with E-state index < -0.39 is 40.3 Å². The van der Waals surface area contributed by atoms with Gasteiger partial charge in [0.1, 0.15) is 12.3 Å². The molecule has 0 bridgehead atoms. The lowest BCUT2D eigenvalue weighted by atomic mass is 9.97. The van der Waals surface area contributed by atoms with Gasteiger partial charge < -0.3 is 15.2 Å². The molecular weight excluding hydrogens is 508 g/mol. The van der Waals surface area contributed by atoms with Gasteiger partial charge in [-0.25, -0.2) is 8.42 Å². The van der Waals surface area contributed by atoms with Crippen LogP contribution >= 0.6 is 11.6 Å². The van der Waals surface area contributed by atoms with Gasteiger partial charge in [0.05, 0.1) is 22.1 Å².